The van der Waals surface area contributed by atoms with Crippen LogP contribution in [-0.4, -0.2) is 17.6 Å². The Morgan fingerprint density at radius 2 is 2.00 bits per heavy atom. The first-order valence-corrected chi connectivity index (χ1v) is 7.15. The molecule has 112 valence electrons. The summed E-state index contributed by atoms with van der Waals surface area (Å²) in [5, 5.41) is 13.0. The molecule has 2 rings (SSSR count). The molecule has 2 aromatic rings. The highest BCUT2D eigenvalue weighted by Gasteiger charge is 2.26. The van der Waals surface area contributed by atoms with Gasteiger partial charge in [0.15, 0.2) is 0 Å². The van der Waals surface area contributed by atoms with Gasteiger partial charge in [0.25, 0.3) is 0 Å². The number of furan rings is 1. The lowest BCUT2D eigenvalue weighted by atomic mass is 10.0. The van der Waals surface area contributed by atoms with Gasteiger partial charge in [0.1, 0.15) is 11.4 Å². The van der Waals surface area contributed by atoms with Gasteiger partial charge in [-0.05, 0) is 37.5 Å². The number of aliphatic hydroxyl groups is 1. The second-order valence-corrected chi connectivity index (χ2v) is 5.37. The Morgan fingerprint density at radius 1 is 1.24 bits per heavy atom. The molecule has 0 spiro atoms. The fourth-order valence-corrected chi connectivity index (χ4v) is 2.13. The number of carbonyl (C=O) groups excluding carboxylic acids is 1. The molecule has 1 heterocycles. The van der Waals surface area contributed by atoms with Gasteiger partial charge in [0.05, 0.1) is 12.8 Å². The van der Waals surface area contributed by atoms with Gasteiger partial charge in [-0.1, -0.05) is 30.3 Å². The average Bonchev–Trinajstić information content (AvgIpc) is 3.01. The molecule has 1 atom stereocenters. The molecular formula is C17H21NO3. The second-order valence-electron chi connectivity index (χ2n) is 5.37. The summed E-state index contributed by atoms with van der Waals surface area (Å²) >= 11 is 0. The lowest BCUT2D eigenvalue weighted by Crippen LogP contribution is -2.38. The van der Waals surface area contributed by atoms with Crippen LogP contribution < -0.4 is 5.32 Å². The van der Waals surface area contributed by atoms with E-state index in [1.165, 1.54) is 11.8 Å². The zero-order chi connectivity index (χ0) is 15.1. The summed E-state index contributed by atoms with van der Waals surface area (Å²) in [6.07, 6.45) is 3.62. The summed E-state index contributed by atoms with van der Waals surface area (Å²) in [5.74, 6) is 0.393. The monoisotopic (exact) mass is 287 g/mol. The Morgan fingerprint density at radius 3 is 2.67 bits per heavy atom. The SMILES string of the molecule is CC(O)(CNC(=O)CCCc1ccccc1)c1ccco1. The van der Waals surface area contributed by atoms with E-state index in [4.69, 9.17) is 4.42 Å². The van der Waals surface area contributed by atoms with Crippen molar-refractivity contribution in [3.63, 3.8) is 0 Å². The van der Waals surface area contributed by atoms with E-state index in [-0.39, 0.29) is 12.5 Å². The van der Waals surface area contributed by atoms with Gasteiger partial charge in [0, 0.05) is 6.42 Å². The van der Waals surface area contributed by atoms with Crippen LogP contribution in [0.25, 0.3) is 0 Å². The largest absolute Gasteiger partial charge is 0.466 e. The minimum Gasteiger partial charge on any atom is -0.466 e. The third-order valence-electron chi connectivity index (χ3n) is 3.39. The molecule has 1 aromatic heterocycles. The number of amides is 1. The molecule has 1 amide bonds. The highest BCUT2D eigenvalue weighted by molar-refractivity contribution is 5.75. The van der Waals surface area contributed by atoms with Crippen LogP contribution in [0.3, 0.4) is 0 Å². The van der Waals surface area contributed by atoms with E-state index in [1.54, 1.807) is 19.1 Å². The minimum atomic E-state index is -1.18. The molecular weight excluding hydrogens is 266 g/mol. The van der Waals surface area contributed by atoms with Crippen LogP contribution in [0.1, 0.15) is 31.1 Å². The maximum absolute atomic E-state index is 11.8. The first kappa shape index (κ1) is 15.3. The van der Waals surface area contributed by atoms with Gasteiger partial charge in [-0.2, -0.15) is 0 Å². The van der Waals surface area contributed by atoms with Crippen LogP contribution in [-0.2, 0) is 16.8 Å². The first-order valence-electron chi connectivity index (χ1n) is 7.15. The molecule has 0 fully saturated rings. The Labute approximate surface area is 124 Å². The van der Waals surface area contributed by atoms with Crippen LogP contribution in [0.5, 0.6) is 0 Å². The Balaban J connectivity index is 1.70. The molecule has 2 N–H and O–H groups in total. The molecule has 0 bridgehead atoms. The summed E-state index contributed by atoms with van der Waals surface area (Å²) in [4.78, 5) is 11.8. The van der Waals surface area contributed by atoms with Crippen molar-refractivity contribution in [3.8, 4) is 0 Å². The number of nitrogens with one attached hydrogen (secondary N) is 1. The number of hydrogen-bond acceptors (Lipinski definition) is 3. The molecule has 4 nitrogen and oxygen atoms in total. The fraction of sp³-hybridized carbons (Fsp3) is 0.353. The van der Waals surface area contributed by atoms with Crippen molar-refractivity contribution in [2.45, 2.75) is 31.8 Å². The van der Waals surface area contributed by atoms with Crippen molar-refractivity contribution in [1.82, 2.24) is 5.32 Å². The van der Waals surface area contributed by atoms with Gasteiger partial charge in [-0.25, -0.2) is 0 Å². The van der Waals surface area contributed by atoms with Crippen molar-refractivity contribution >= 4 is 5.91 Å². The van der Waals surface area contributed by atoms with E-state index in [0.29, 0.717) is 12.2 Å². The zero-order valence-electron chi connectivity index (χ0n) is 12.2. The van der Waals surface area contributed by atoms with Gasteiger partial charge < -0.3 is 14.8 Å². The second kappa shape index (κ2) is 7.09. The molecule has 0 aliphatic heterocycles. The normalized spacial score (nSPS) is 13.6. The van der Waals surface area contributed by atoms with Crippen molar-refractivity contribution < 1.29 is 14.3 Å². The summed E-state index contributed by atoms with van der Waals surface area (Å²) in [6.45, 7) is 1.76. The Bertz CT molecular complexity index is 547. The lowest BCUT2D eigenvalue weighted by molar-refractivity contribution is -0.122. The van der Waals surface area contributed by atoms with E-state index in [0.717, 1.165) is 12.8 Å². The summed E-state index contributed by atoms with van der Waals surface area (Å²) in [6, 6.07) is 13.5. The smallest absolute Gasteiger partial charge is 0.220 e. The number of benzene rings is 1. The van der Waals surface area contributed by atoms with E-state index in [2.05, 4.69) is 17.4 Å². The van der Waals surface area contributed by atoms with E-state index in [1.807, 2.05) is 18.2 Å². The van der Waals surface area contributed by atoms with Crippen molar-refractivity contribution in [2.24, 2.45) is 0 Å². The standard InChI is InChI=1S/C17H21NO3/c1-17(20,15-10-6-12-21-15)13-18-16(19)11-5-9-14-7-3-2-4-8-14/h2-4,6-8,10,12,20H,5,9,11,13H2,1H3,(H,18,19). The van der Waals surface area contributed by atoms with Crippen molar-refractivity contribution in [2.75, 3.05) is 6.54 Å². The summed E-state index contributed by atoms with van der Waals surface area (Å²) in [5.41, 5.74) is 0.0476. The summed E-state index contributed by atoms with van der Waals surface area (Å²) in [7, 11) is 0. The molecule has 0 saturated carbocycles. The van der Waals surface area contributed by atoms with E-state index in [9.17, 15) is 9.90 Å². The highest BCUT2D eigenvalue weighted by Crippen LogP contribution is 2.19. The van der Waals surface area contributed by atoms with Crippen LogP contribution >= 0.6 is 0 Å². The quantitative estimate of drug-likeness (QED) is 0.823. The zero-order valence-corrected chi connectivity index (χ0v) is 12.2. The topological polar surface area (TPSA) is 62.5 Å². The summed E-state index contributed by atoms with van der Waals surface area (Å²) < 4.78 is 5.17. The predicted octanol–water partition coefficient (Wildman–Crippen LogP) is 2.63. The predicted molar refractivity (Wildman–Crippen MR) is 80.7 cm³/mol. The highest BCUT2D eigenvalue weighted by atomic mass is 16.4. The first-order chi connectivity index (χ1) is 10.1. The van der Waals surface area contributed by atoms with E-state index >= 15 is 0 Å². The molecule has 4 heteroatoms. The number of hydrogen-bond donors (Lipinski definition) is 2. The van der Waals surface area contributed by atoms with Crippen LogP contribution in [0.4, 0.5) is 0 Å². The fourth-order valence-electron chi connectivity index (χ4n) is 2.13. The lowest BCUT2D eigenvalue weighted by Gasteiger charge is -2.21. The molecule has 1 unspecified atom stereocenters. The number of aryl methyl sites for hydroxylation is 1. The number of carbonyl (C=O) groups is 1. The molecule has 0 saturated heterocycles. The van der Waals surface area contributed by atoms with Gasteiger partial charge in [-0.15, -0.1) is 0 Å². The number of rotatable bonds is 7. The van der Waals surface area contributed by atoms with Gasteiger partial charge >= 0.3 is 0 Å². The van der Waals surface area contributed by atoms with Crippen molar-refractivity contribution in [1.29, 1.82) is 0 Å². The maximum atomic E-state index is 11.8. The van der Waals surface area contributed by atoms with Gasteiger partial charge in [-0.3, -0.25) is 4.79 Å². The molecule has 0 aliphatic carbocycles. The molecule has 0 aliphatic rings. The van der Waals surface area contributed by atoms with Crippen molar-refractivity contribution in [3.05, 3.63) is 60.1 Å². The third kappa shape index (κ3) is 4.76. The minimum absolute atomic E-state index is 0.0576. The molecule has 0 radical (unpaired) electrons. The maximum Gasteiger partial charge on any atom is 0.220 e. The van der Waals surface area contributed by atoms with Gasteiger partial charge in [0.2, 0.25) is 5.91 Å². The van der Waals surface area contributed by atoms with E-state index < -0.39 is 5.60 Å². The van der Waals surface area contributed by atoms with Crippen LogP contribution in [0, 0.1) is 0 Å². The third-order valence-corrected chi connectivity index (χ3v) is 3.39. The Hall–Kier alpha value is -2.07. The average molecular weight is 287 g/mol. The molecule has 21 heavy (non-hydrogen) atoms. The Kier molecular flexibility index (Phi) is 5.17. The van der Waals surface area contributed by atoms with Crippen LogP contribution in [0.2, 0.25) is 0 Å². The van der Waals surface area contributed by atoms with Crippen LogP contribution in [0.15, 0.2) is 53.1 Å². The molecule has 1 aromatic carbocycles.